The zero-order chi connectivity index (χ0) is 20.2. The Morgan fingerprint density at radius 3 is 2.48 bits per heavy atom. The fourth-order valence-corrected chi connectivity index (χ4v) is 4.96. The molecule has 1 unspecified atom stereocenters. The van der Waals surface area contributed by atoms with Crippen molar-refractivity contribution in [2.24, 2.45) is 5.92 Å². The quantitative estimate of drug-likeness (QED) is 0.721. The first-order chi connectivity index (χ1) is 14.1. The van der Waals surface area contributed by atoms with Crippen LogP contribution in [-0.4, -0.2) is 78.8 Å². The number of ether oxygens (including phenoxy) is 1. The average Bonchev–Trinajstić information content (AvgIpc) is 2.77. The number of halogens is 2. The molecular formula is C22H36Cl2N4O3. The molecular weight excluding hydrogens is 439 g/mol. The van der Waals surface area contributed by atoms with Crippen molar-refractivity contribution in [2.75, 3.05) is 52.5 Å². The van der Waals surface area contributed by atoms with Gasteiger partial charge in [-0.25, -0.2) is 0 Å². The van der Waals surface area contributed by atoms with Gasteiger partial charge >= 0.3 is 0 Å². The maximum Gasteiger partial charge on any atom is 0.263 e. The SMILES string of the molecule is Cc1ccn(CC2CCCNC2)c(=O)c1C(=O)N1CCC(N2CCOCC2)CC1.Cl.Cl. The van der Waals surface area contributed by atoms with Gasteiger partial charge in [0.1, 0.15) is 5.56 Å². The number of nitrogens with one attached hydrogen (secondary N) is 1. The summed E-state index contributed by atoms with van der Waals surface area (Å²) in [6.45, 7) is 9.59. The van der Waals surface area contributed by atoms with Crippen molar-refractivity contribution in [1.29, 1.82) is 0 Å². The number of carbonyl (C=O) groups excluding carboxylic acids is 1. The number of aryl methyl sites for hydroxylation is 1. The van der Waals surface area contributed by atoms with E-state index >= 15 is 0 Å². The smallest absolute Gasteiger partial charge is 0.263 e. The number of hydrogen-bond donors (Lipinski definition) is 1. The third-order valence-corrected chi connectivity index (χ3v) is 6.76. The molecule has 1 N–H and O–H groups in total. The zero-order valence-electron chi connectivity index (χ0n) is 18.4. The summed E-state index contributed by atoms with van der Waals surface area (Å²) in [7, 11) is 0. The molecule has 0 spiro atoms. The van der Waals surface area contributed by atoms with Gasteiger partial charge in [0.2, 0.25) is 0 Å². The van der Waals surface area contributed by atoms with Crippen molar-refractivity contribution in [3.05, 3.63) is 33.7 Å². The summed E-state index contributed by atoms with van der Waals surface area (Å²) >= 11 is 0. The van der Waals surface area contributed by atoms with E-state index in [9.17, 15) is 9.59 Å². The highest BCUT2D eigenvalue weighted by molar-refractivity contribution is 5.95. The van der Waals surface area contributed by atoms with Gasteiger partial charge in [-0.1, -0.05) is 0 Å². The molecule has 1 aromatic rings. The van der Waals surface area contributed by atoms with Crippen molar-refractivity contribution in [2.45, 2.75) is 45.2 Å². The monoisotopic (exact) mass is 474 g/mol. The van der Waals surface area contributed by atoms with Crippen molar-refractivity contribution in [1.82, 2.24) is 19.7 Å². The summed E-state index contributed by atoms with van der Waals surface area (Å²) in [6, 6.07) is 2.45. The first-order valence-corrected chi connectivity index (χ1v) is 11.2. The molecule has 31 heavy (non-hydrogen) atoms. The highest BCUT2D eigenvalue weighted by atomic mass is 35.5. The van der Waals surface area contributed by atoms with Crippen LogP contribution in [0.4, 0.5) is 0 Å². The van der Waals surface area contributed by atoms with E-state index in [-0.39, 0.29) is 36.3 Å². The normalized spacial score (nSPS) is 23.0. The summed E-state index contributed by atoms with van der Waals surface area (Å²) < 4.78 is 7.20. The fourth-order valence-electron chi connectivity index (χ4n) is 4.96. The van der Waals surface area contributed by atoms with Crippen LogP contribution in [0.25, 0.3) is 0 Å². The highest BCUT2D eigenvalue weighted by Crippen LogP contribution is 2.20. The van der Waals surface area contributed by atoms with Gasteiger partial charge in [-0.2, -0.15) is 0 Å². The lowest BCUT2D eigenvalue weighted by molar-refractivity contribution is 0.00155. The van der Waals surface area contributed by atoms with Gasteiger partial charge in [-0.3, -0.25) is 14.5 Å². The van der Waals surface area contributed by atoms with Crippen LogP contribution in [0.15, 0.2) is 17.1 Å². The zero-order valence-corrected chi connectivity index (χ0v) is 20.0. The second-order valence-corrected chi connectivity index (χ2v) is 8.72. The average molecular weight is 475 g/mol. The Labute approximate surface area is 197 Å². The van der Waals surface area contributed by atoms with Gasteiger partial charge in [0.05, 0.1) is 13.2 Å². The Hall–Kier alpha value is -1.12. The Balaban J connectivity index is 0.00000171. The molecule has 4 heterocycles. The molecule has 3 saturated heterocycles. The highest BCUT2D eigenvalue weighted by Gasteiger charge is 2.30. The number of morpholine rings is 1. The molecule has 3 aliphatic rings. The van der Waals surface area contributed by atoms with Crippen LogP contribution >= 0.6 is 24.8 Å². The van der Waals surface area contributed by atoms with Crippen molar-refractivity contribution < 1.29 is 9.53 Å². The maximum atomic E-state index is 13.2. The Morgan fingerprint density at radius 2 is 1.84 bits per heavy atom. The Morgan fingerprint density at radius 1 is 1.13 bits per heavy atom. The minimum atomic E-state index is -0.129. The van der Waals surface area contributed by atoms with Crippen LogP contribution in [0.3, 0.4) is 0 Å². The van der Waals surface area contributed by atoms with E-state index in [0.717, 1.165) is 83.7 Å². The molecule has 1 atom stereocenters. The molecule has 3 aliphatic heterocycles. The summed E-state index contributed by atoms with van der Waals surface area (Å²) in [5.41, 5.74) is 1.02. The number of likely N-dealkylation sites (tertiary alicyclic amines) is 1. The van der Waals surface area contributed by atoms with Crippen molar-refractivity contribution in [3.8, 4) is 0 Å². The summed E-state index contributed by atoms with van der Waals surface area (Å²) in [5, 5.41) is 3.40. The number of hydrogen-bond acceptors (Lipinski definition) is 5. The van der Waals surface area contributed by atoms with E-state index in [0.29, 0.717) is 24.1 Å². The number of amides is 1. The summed E-state index contributed by atoms with van der Waals surface area (Å²) in [4.78, 5) is 30.7. The van der Waals surface area contributed by atoms with Gasteiger partial charge in [-0.05, 0) is 63.2 Å². The van der Waals surface area contributed by atoms with Crippen LogP contribution in [0.1, 0.15) is 41.6 Å². The van der Waals surface area contributed by atoms with Crippen LogP contribution in [0.5, 0.6) is 0 Å². The molecule has 176 valence electrons. The second-order valence-electron chi connectivity index (χ2n) is 8.72. The molecule has 1 aromatic heterocycles. The van der Waals surface area contributed by atoms with E-state index in [2.05, 4.69) is 10.2 Å². The third kappa shape index (κ3) is 6.23. The molecule has 1 amide bonds. The lowest BCUT2D eigenvalue weighted by atomic mass is 9.99. The lowest BCUT2D eigenvalue weighted by Gasteiger charge is -2.40. The number of nitrogens with zero attached hydrogens (tertiary/aromatic N) is 3. The van der Waals surface area contributed by atoms with Gasteiger partial charge in [0, 0.05) is 45.0 Å². The van der Waals surface area contributed by atoms with E-state index in [4.69, 9.17) is 4.74 Å². The van der Waals surface area contributed by atoms with Gasteiger partial charge in [0.25, 0.3) is 11.5 Å². The summed E-state index contributed by atoms with van der Waals surface area (Å²) in [5.74, 6) is 0.362. The molecule has 7 nitrogen and oxygen atoms in total. The van der Waals surface area contributed by atoms with Crippen molar-refractivity contribution >= 4 is 30.7 Å². The lowest BCUT2D eigenvalue weighted by Crippen LogP contribution is -2.50. The minimum Gasteiger partial charge on any atom is -0.379 e. The third-order valence-electron chi connectivity index (χ3n) is 6.76. The Bertz CT molecular complexity index is 769. The molecule has 0 bridgehead atoms. The predicted octanol–water partition coefficient (Wildman–Crippen LogP) is 1.94. The fraction of sp³-hybridized carbons (Fsp3) is 0.727. The van der Waals surface area contributed by atoms with Gasteiger partial charge in [-0.15, -0.1) is 24.8 Å². The Kier molecular flexibility index (Phi) is 10.3. The molecule has 0 aliphatic carbocycles. The maximum absolute atomic E-state index is 13.2. The molecule has 4 rings (SSSR count). The van der Waals surface area contributed by atoms with Gasteiger partial charge < -0.3 is 19.5 Å². The second kappa shape index (κ2) is 12.2. The van der Waals surface area contributed by atoms with E-state index in [1.54, 1.807) is 4.57 Å². The van der Waals surface area contributed by atoms with Gasteiger partial charge in [0.15, 0.2) is 0 Å². The topological polar surface area (TPSA) is 66.8 Å². The van der Waals surface area contributed by atoms with Crippen LogP contribution in [-0.2, 0) is 11.3 Å². The number of rotatable bonds is 4. The number of carbonyl (C=O) groups is 1. The van der Waals surface area contributed by atoms with Crippen LogP contribution in [0.2, 0.25) is 0 Å². The first kappa shape index (κ1) is 26.1. The molecule has 9 heteroatoms. The molecule has 0 saturated carbocycles. The van der Waals surface area contributed by atoms with E-state index in [1.165, 1.54) is 0 Å². The summed E-state index contributed by atoms with van der Waals surface area (Å²) in [6.07, 6.45) is 6.08. The van der Waals surface area contributed by atoms with E-state index < -0.39 is 0 Å². The van der Waals surface area contributed by atoms with Crippen LogP contribution in [0, 0.1) is 12.8 Å². The number of piperidine rings is 2. The predicted molar refractivity (Wildman–Crippen MR) is 127 cm³/mol. The number of pyridine rings is 1. The van der Waals surface area contributed by atoms with Crippen LogP contribution < -0.4 is 10.9 Å². The number of aromatic nitrogens is 1. The molecule has 3 fully saturated rings. The molecule has 0 radical (unpaired) electrons. The molecule has 0 aromatic carbocycles. The largest absolute Gasteiger partial charge is 0.379 e. The first-order valence-electron chi connectivity index (χ1n) is 11.2. The minimum absolute atomic E-state index is 0. The standard InChI is InChI=1S/C22H34N4O3.2ClH/c1-17-4-8-26(16-18-3-2-7-23-15-18)22(28)20(17)21(27)25-9-5-19(6-10-25)24-11-13-29-14-12-24;;/h4,8,18-19,23H,2-3,5-7,9-16H2,1H3;2*1H. The van der Waals surface area contributed by atoms with Crippen molar-refractivity contribution in [3.63, 3.8) is 0 Å². The van der Waals surface area contributed by atoms with E-state index in [1.807, 2.05) is 24.1 Å².